The van der Waals surface area contributed by atoms with Crippen LogP contribution in [0.2, 0.25) is 0 Å². The van der Waals surface area contributed by atoms with Gasteiger partial charge in [0.25, 0.3) is 0 Å². The number of nitrogens with one attached hydrogen (secondary N) is 2. The fourth-order valence-corrected chi connectivity index (χ4v) is 4.31. The van der Waals surface area contributed by atoms with E-state index < -0.39 is 5.60 Å². The lowest BCUT2D eigenvalue weighted by Gasteiger charge is -2.37. The van der Waals surface area contributed by atoms with E-state index >= 15 is 0 Å². The molecule has 180 valence electrons. The molecule has 0 radical (unpaired) electrons. The highest BCUT2D eigenvalue weighted by Gasteiger charge is 2.24. The van der Waals surface area contributed by atoms with Crippen LogP contribution in [-0.4, -0.2) is 92.5 Å². The highest BCUT2D eigenvalue weighted by atomic mass is 16.6. The molecule has 0 aromatic carbocycles. The first kappa shape index (κ1) is 25.7. The van der Waals surface area contributed by atoms with E-state index in [1.807, 2.05) is 27.8 Å². The highest BCUT2D eigenvalue weighted by molar-refractivity contribution is 5.80. The molecule has 8 heteroatoms. The van der Waals surface area contributed by atoms with Gasteiger partial charge in [-0.2, -0.15) is 0 Å². The van der Waals surface area contributed by atoms with Crippen molar-refractivity contribution in [3.05, 3.63) is 0 Å². The molecule has 8 nitrogen and oxygen atoms in total. The fraction of sp³-hybridized carbons (Fsp3) is 0.913. The summed E-state index contributed by atoms with van der Waals surface area (Å²) < 4.78 is 11.3. The van der Waals surface area contributed by atoms with Gasteiger partial charge in [-0.15, -0.1) is 0 Å². The average molecular weight is 440 g/mol. The molecule has 2 aliphatic rings. The molecule has 2 saturated heterocycles. The number of alkyl carbamates (subject to hydrolysis) is 1. The van der Waals surface area contributed by atoms with Crippen LogP contribution in [-0.2, 0) is 9.47 Å². The number of likely N-dealkylation sites (N-methyl/N-ethyl adjacent to an activating group) is 1. The van der Waals surface area contributed by atoms with Gasteiger partial charge in [-0.1, -0.05) is 13.3 Å². The Morgan fingerprint density at radius 1 is 1.10 bits per heavy atom. The standard InChI is InChI=1S/C23H45N5O3/c1-6-27-14-8-7-10-19(27)18-26-21(24-5)28-15-11-20(12-16-28)30-17-9-13-25-22(29)31-23(2,3)4/h19-20H,6-18H2,1-5H3,(H,24,26)(H,25,29). The predicted molar refractivity (Wildman–Crippen MR) is 126 cm³/mol. The molecule has 2 N–H and O–H groups in total. The van der Waals surface area contributed by atoms with Crippen molar-refractivity contribution in [3.63, 3.8) is 0 Å². The smallest absolute Gasteiger partial charge is 0.407 e. The summed E-state index contributed by atoms with van der Waals surface area (Å²) in [7, 11) is 1.88. The molecule has 0 spiro atoms. The number of hydrogen-bond donors (Lipinski definition) is 2. The third-order valence-corrected chi connectivity index (χ3v) is 5.95. The Hall–Kier alpha value is -1.54. The number of piperidine rings is 2. The third kappa shape index (κ3) is 9.64. The summed E-state index contributed by atoms with van der Waals surface area (Å²) in [5.41, 5.74) is -0.462. The van der Waals surface area contributed by atoms with Crippen LogP contribution in [0.3, 0.4) is 0 Å². The Bertz CT molecular complexity index is 556. The van der Waals surface area contributed by atoms with Gasteiger partial charge >= 0.3 is 6.09 Å². The number of carbonyl (C=O) groups is 1. The van der Waals surface area contributed by atoms with Crippen LogP contribution in [0.15, 0.2) is 4.99 Å². The summed E-state index contributed by atoms with van der Waals surface area (Å²) in [4.78, 5) is 21.1. The summed E-state index contributed by atoms with van der Waals surface area (Å²) in [6.07, 6.45) is 6.64. The van der Waals surface area contributed by atoms with Crippen LogP contribution >= 0.6 is 0 Å². The van der Waals surface area contributed by atoms with Gasteiger partial charge < -0.3 is 25.0 Å². The molecule has 2 heterocycles. The Balaban J connectivity index is 1.60. The molecule has 0 bridgehead atoms. The maximum atomic E-state index is 11.6. The molecule has 0 aliphatic carbocycles. The minimum absolute atomic E-state index is 0.282. The molecule has 2 fully saturated rings. The number of ether oxygens (including phenoxy) is 2. The Labute approximate surface area is 189 Å². The van der Waals surface area contributed by atoms with E-state index in [1.165, 1.54) is 25.8 Å². The lowest BCUT2D eigenvalue weighted by atomic mass is 10.0. The van der Waals surface area contributed by atoms with Crippen LogP contribution in [0.25, 0.3) is 0 Å². The highest BCUT2D eigenvalue weighted by Crippen LogP contribution is 2.17. The van der Waals surface area contributed by atoms with Crippen LogP contribution in [0.5, 0.6) is 0 Å². The zero-order valence-corrected chi connectivity index (χ0v) is 20.4. The maximum Gasteiger partial charge on any atom is 0.407 e. The van der Waals surface area contributed by atoms with Crippen LogP contribution in [0.4, 0.5) is 4.79 Å². The summed E-state index contributed by atoms with van der Waals surface area (Å²) in [5, 5.41) is 6.39. The van der Waals surface area contributed by atoms with Crippen molar-refractivity contribution in [1.82, 2.24) is 20.4 Å². The van der Waals surface area contributed by atoms with E-state index in [1.54, 1.807) is 0 Å². The van der Waals surface area contributed by atoms with Gasteiger partial charge in [0.05, 0.1) is 6.10 Å². The molecule has 1 unspecified atom stereocenters. The first-order valence-electron chi connectivity index (χ1n) is 12.1. The summed E-state index contributed by atoms with van der Waals surface area (Å²) in [6, 6.07) is 0.616. The Kier molecular flexibility index (Phi) is 10.9. The summed E-state index contributed by atoms with van der Waals surface area (Å²) in [5.74, 6) is 1.02. The molecular weight excluding hydrogens is 394 g/mol. The van der Waals surface area contributed by atoms with Crippen molar-refractivity contribution < 1.29 is 14.3 Å². The second-order valence-electron chi connectivity index (χ2n) is 9.55. The van der Waals surface area contributed by atoms with Crippen LogP contribution in [0.1, 0.15) is 66.2 Å². The molecule has 0 saturated carbocycles. The van der Waals surface area contributed by atoms with Gasteiger partial charge in [-0.25, -0.2) is 4.79 Å². The molecule has 2 aliphatic heterocycles. The third-order valence-electron chi connectivity index (χ3n) is 5.95. The normalized spacial score (nSPS) is 21.8. The van der Waals surface area contributed by atoms with Crippen molar-refractivity contribution in [3.8, 4) is 0 Å². The lowest BCUT2D eigenvalue weighted by molar-refractivity contribution is 0.0169. The van der Waals surface area contributed by atoms with Crippen molar-refractivity contribution in [1.29, 1.82) is 0 Å². The zero-order chi connectivity index (χ0) is 22.7. The minimum atomic E-state index is -0.462. The number of aliphatic imine (C=N–C) groups is 1. The van der Waals surface area contributed by atoms with E-state index in [0.717, 1.165) is 51.4 Å². The number of amides is 1. The van der Waals surface area contributed by atoms with E-state index in [9.17, 15) is 4.79 Å². The van der Waals surface area contributed by atoms with Crippen molar-refractivity contribution >= 4 is 12.1 Å². The van der Waals surface area contributed by atoms with Gasteiger partial charge in [0.15, 0.2) is 5.96 Å². The average Bonchev–Trinajstić information content (AvgIpc) is 2.74. The topological polar surface area (TPSA) is 78.4 Å². The van der Waals surface area contributed by atoms with Crippen molar-refractivity contribution in [2.24, 2.45) is 4.99 Å². The first-order chi connectivity index (χ1) is 14.8. The molecule has 1 atom stereocenters. The maximum absolute atomic E-state index is 11.6. The van der Waals surface area contributed by atoms with E-state index in [-0.39, 0.29) is 12.2 Å². The van der Waals surface area contributed by atoms with E-state index in [0.29, 0.717) is 19.2 Å². The first-order valence-corrected chi connectivity index (χ1v) is 12.1. The van der Waals surface area contributed by atoms with Gasteiger partial charge in [0.2, 0.25) is 0 Å². The van der Waals surface area contributed by atoms with Gasteiger partial charge in [0.1, 0.15) is 5.60 Å². The number of guanidine groups is 1. The number of hydrogen-bond acceptors (Lipinski definition) is 5. The van der Waals surface area contributed by atoms with Crippen molar-refractivity contribution in [2.75, 3.05) is 52.9 Å². The van der Waals surface area contributed by atoms with Crippen LogP contribution < -0.4 is 10.6 Å². The number of nitrogens with zero attached hydrogens (tertiary/aromatic N) is 3. The molecule has 0 aromatic heterocycles. The fourth-order valence-electron chi connectivity index (χ4n) is 4.31. The zero-order valence-electron chi connectivity index (χ0n) is 20.4. The van der Waals surface area contributed by atoms with Gasteiger partial charge in [-0.05, 0) is 66.0 Å². The second kappa shape index (κ2) is 13.1. The SMILES string of the molecule is CCN1CCCCC1CNC(=NC)N1CCC(OCCCNC(=O)OC(C)(C)C)CC1. The van der Waals surface area contributed by atoms with Gasteiger partial charge in [0, 0.05) is 45.9 Å². The molecular formula is C23H45N5O3. The Morgan fingerprint density at radius 2 is 1.84 bits per heavy atom. The van der Waals surface area contributed by atoms with Gasteiger partial charge in [-0.3, -0.25) is 9.89 Å². The van der Waals surface area contributed by atoms with Crippen LogP contribution in [0, 0.1) is 0 Å². The minimum Gasteiger partial charge on any atom is -0.444 e. The monoisotopic (exact) mass is 439 g/mol. The molecule has 2 rings (SSSR count). The largest absolute Gasteiger partial charge is 0.444 e. The van der Waals surface area contributed by atoms with Crippen molar-refractivity contribution in [2.45, 2.75) is 84.0 Å². The van der Waals surface area contributed by atoms with E-state index in [4.69, 9.17) is 9.47 Å². The predicted octanol–water partition coefficient (Wildman–Crippen LogP) is 2.83. The summed E-state index contributed by atoms with van der Waals surface area (Å²) >= 11 is 0. The Morgan fingerprint density at radius 3 is 2.48 bits per heavy atom. The molecule has 31 heavy (non-hydrogen) atoms. The number of likely N-dealkylation sites (tertiary alicyclic amines) is 2. The molecule has 0 aromatic rings. The second-order valence-corrected chi connectivity index (χ2v) is 9.55. The lowest BCUT2D eigenvalue weighted by Crippen LogP contribution is -2.52. The quantitative estimate of drug-likeness (QED) is 0.344. The number of rotatable bonds is 8. The van der Waals surface area contributed by atoms with E-state index in [2.05, 4.69) is 32.3 Å². The summed E-state index contributed by atoms with van der Waals surface area (Å²) in [6.45, 7) is 14.3. The number of carbonyl (C=O) groups excluding carboxylic acids is 1. The molecule has 1 amide bonds.